The van der Waals surface area contributed by atoms with Gasteiger partial charge in [-0.25, -0.2) is 0 Å². The second-order valence-electron chi connectivity index (χ2n) is 4.19. The summed E-state index contributed by atoms with van der Waals surface area (Å²) < 4.78 is 2.43. The van der Waals surface area contributed by atoms with Gasteiger partial charge in [-0.2, -0.15) is 0 Å². The smallest absolute Gasteiger partial charge is 0.251 e. The molecule has 1 aromatic heterocycles. The molecule has 1 heterocycles. The summed E-state index contributed by atoms with van der Waals surface area (Å²) in [6.07, 6.45) is 5.32. The van der Waals surface area contributed by atoms with Crippen molar-refractivity contribution in [2.75, 3.05) is 0 Å². The van der Waals surface area contributed by atoms with Crippen LogP contribution in [0.3, 0.4) is 0 Å². The number of aromatic amines is 1. The van der Waals surface area contributed by atoms with Crippen molar-refractivity contribution < 1.29 is 0 Å². The summed E-state index contributed by atoms with van der Waals surface area (Å²) in [4.78, 5) is 13.5. The number of rotatable bonds is 5. The summed E-state index contributed by atoms with van der Waals surface area (Å²) in [5, 5.41) is 0. The van der Waals surface area contributed by atoms with Crippen molar-refractivity contribution in [3.8, 4) is 0 Å². The Balaban J connectivity index is 2.45. The highest BCUT2D eigenvalue weighted by molar-refractivity contribution is 7.71. The Morgan fingerprint density at radius 3 is 2.80 bits per heavy atom. The predicted molar refractivity (Wildman–Crippen MR) is 64.6 cm³/mol. The van der Waals surface area contributed by atoms with E-state index in [2.05, 4.69) is 18.8 Å². The average molecular weight is 226 g/mol. The first-order valence-corrected chi connectivity index (χ1v) is 5.80. The molecule has 0 unspecified atom stereocenters. The Kier molecular flexibility index (Phi) is 4.75. The summed E-state index contributed by atoms with van der Waals surface area (Å²) in [5.74, 6) is 0.758. The van der Waals surface area contributed by atoms with E-state index in [1.54, 1.807) is 6.20 Å². The van der Waals surface area contributed by atoms with E-state index >= 15 is 0 Å². The fourth-order valence-electron chi connectivity index (χ4n) is 1.46. The van der Waals surface area contributed by atoms with Gasteiger partial charge < -0.3 is 4.57 Å². The zero-order valence-corrected chi connectivity index (χ0v) is 10.1. The van der Waals surface area contributed by atoms with Crippen LogP contribution in [0.1, 0.15) is 33.1 Å². The molecule has 3 nitrogen and oxygen atoms in total. The van der Waals surface area contributed by atoms with Gasteiger partial charge in [0, 0.05) is 18.8 Å². The number of aryl methyl sites for hydroxylation is 1. The van der Waals surface area contributed by atoms with Crippen LogP contribution < -0.4 is 5.56 Å². The molecular weight excluding hydrogens is 208 g/mol. The number of unbranched alkanes of at least 4 members (excludes halogenated alkanes) is 1. The van der Waals surface area contributed by atoms with E-state index in [1.165, 1.54) is 18.9 Å². The molecule has 0 saturated heterocycles. The zero-order valence-electron chi connectivity index (χ0n) is 9.32. The van der Waals surface area contributed by atoms with Gasteiger partial charge in [-0.05, 0) is 24.6 Å². The van der Waals surface area contributed by atoms with Crippen LogP contribution in [-0.2, 0) is 6.54 Å². The summed E-state index contributed by atoms with van der Waals surface area (Å²) in [6, 6.07) is 1.51. The van der Waals surface area contributed by atoms with Gasteiger partial charge in [-0.1, -0.05) is 26.7 Å². The third-order valence-electron chi connectivity index (χ3n) is 2.33. The minimum Gasteiger partial charge on any atom is -0.325 e. The van der Waals surface area contributed by atoms with Gasteiger partial charge in [-0.15, -0.1) is 0 Å². The fraction of sp³-hybridized carbons (Fsp3) is 0.636. The van der Waals surface area contributed by atoms with Crippen LogP contribution in [0.5, 0.6) is 0 Å². The molecule has 0 radical (unpaired) electrons. The largest absolute Gasteiger partial charge is 0.325 e. The van der Waals surface area contributed by atoms with Crippen LogP contribution in [0.2, 0.25) is 0 Å². The fourth-order valence-corrected chi connectivity index (χ4v) is 1.71. The van der Waals surface area contributed by atoms with Crippen molar-refractivity contribution >= 4 is 12.2 Å². The Morgan fingerprint density at radius 1 is 1.47 bits per heavy atom. The van der Waals surface area contributed by atoms with Crippen molar-refractivity contribution in [3.05, 3.63) is 27.4 Å². The van der Waals surface area contributed by atoms with Gasteiger partial charge in [0.15, 0.2) is 4.77 Å². The number of nitrogens with one attached hydrogen (secondary N) is 1. The van der Waals surface area contributed by atoms with E-state index in [4.69, 9.17) is 12.2 Å². The molecule has 1 aromatic rings. The standard InChI is InChI=1S/C11H18N2OS/c1-9(2)5-3-4-7-13-8-6-10(14)12-11(13)15/h6,8-9H,3-5,7H2,1-2H3,(H,12,14,15). The van der Waals surface area contributed by atoms with Crippen LogP contribution in [0.4, 0.5) is 0 Å². The lowest BCUT2D eigenvalue weighted by molar-refractivity contribution is 0.504. The lowest BCUT2D eigenvalue weighted by Crippen LogP contribution is -2.11. The van der Waals surface area contributed by atoms with Crippen molar-refractivity contribution in [2.24, 2.45) is 5.92 Å². The van der Waals surface area contributed by atoms with E-state index in [1.807, 2.05) is 4.57 Å². The molecule has 15 heavy (non-hydrogen) atoms. The minimum atomic E-state index is -0.126. The zero-order chi connectivity index (χ0) is 11.3. The summed E-state index contributed by atoms with van der Waals surface area (Å²) in [6.45, 7) is 5.35. The van der Waals surface area contributed by atoms with Gasteiger partial charge in [0.2, 0.25) is 0 Å². The molecular formula is C11H18N2OS. The van der Waals surface area contributed by atoms with Crippen LogP contribution >= 0.6 is 12.2 Å². The van der Waals surface area contributed by atoms with Crippen LogP contribution in [0.15, 0.2) is 17.1 Å². The van der Waals surface area contributed by atoms with Crippen molar-refractivity contribution in [2.45, 2.75) is 39.7 Å². The molecule has 4 heteroatoms. The number of aromatic nitrogens is 2. The van der Waals surface area contributed by atoms with E-state index < -0.39 is 0 Å². The third-order valence-corrected chi connectivity index (χ3v) is 2.66. The lowest BCUT2D eigenvalue weighted by atomic mass is 10.1. The second kappa shape index (κ2) is 5.85. The van der Waals surface area contributed by atoms with Crippen molar-refractivity contribution in [1.29, 1.82) is 0 Å². The van der Waals surface area contributed by atoms with E-state index in [0.717, 1.165) is 18.9 Å². The Morgan fingerprint density at radius 2 is 2.20 bits per heavy atom. The predicted octanol–water partition coefficient (Wildman–Crippen LogP) is 2.73. The van der Waals surface area contributed by atoms with Crippen LogP contribution in [0.25, 0.3) is 0 Å². The maximum atomic E-state index is 10.9. The molecule has 0 bridgehead atoms. The first-order chi connectivity index (χ1) is 7.09. The Labute approximate surface area is 95.2 Å². The molecule has 0 atom stereocenters. The first kappa shape index (κ1) is 12.2. The molecule has 0 fully saturated rings. The molecule has 0 aliphatic carbocycles. The number of H-pyrrole nitrogens is 1. The van der Waals surface area contributed by atoms with Crippen molar-refractivity contribution in [1.82, 2.24) is 9.55 Å². The highest BCUT2D eigenvalue weighted by Crippen LogP contribution is 2.07. The summed E-state index contributed by atoms with van der Waals surface area (Å²) in [7, 11) is 0. The molecule has 84 valence electrons. The molecule has 0 aliphatic heterocycles. The second-order valence-corrected chi connectivity index (χ2v) is 4.58. The van der Waals surface area contributed by atoms with Crippen LogP contribution in [-0.4, -0.2) is 9.55 Å². The average Bonchev–Trinajstić information content (AvgIpc) is 2.14. The van der Waals surface area contributed by atoms with Crippen LogP contribution in [0, 0.1) is 10.7 Å². The monoisotopic (exact) mass is 226 g/mol. The SMILES string of the molecule is CC(C)CCCCn1ccc(=O)[nH]c1=S. The number of nitrogens with zero attached hydrogens (tertiary/aromatic N) is 1. The van der Waals surface area contributed by atoms with Gasteiger partial charge in [0.05, 0.1) is 0 Å². The van der Waals surface area contributed by atoms with Gasteiger partial charge in [0.1, 0.15) is 0 Å². The van der Waals surface area contributed by atoms with Gasteiger partial charge >= 0.3 is 0 Å². The molecule has 0 aromatic carbocycles. The molecule has 1 N–H and O–H groups in total. The normalized spacial score (nSPS) is 10.9. The molecule has 0 aliphatic rings. The van der Waals surface area contributed by atoms with Gasteiger partial charge in [0.25, 0.3) is 5.56 Å². The van der Waals surface area contributed by atoms with E-state index in [-0.39, 0.29) is 5.56 Å². The highest BCUT2D eigenvalue weighted by Gasteiger charge is 1.96. The van der Waals surface area contributed by atoms with Gasteiger partial charge in [-0.3, -0.25) is 9.78 Å². The summed E-state index contributed by atoms with van der Waals surface area (Å²) >= 11 is 5.05. The topological polar surface area (TPSA) is 37.8 Å². The maximum Gasteiger partial charge on any atom is 0.251 e. The quantitative estimate of drug-likeness (QED) is 0.619. The maximum absolute atomic E-state index is 10.9. The third kappa shape index (κ3) is 4.42. The van der Waals surface area contributed by atoms with E-state index in [0.29, 0.717) is 4.77 Å². The highest BCUT2D eigenvalue weighted by atomic mass is 32.1. The number of hydrogen-bond acceptors (Lipinski definition) is 2. The first-order valence-electron chi connectivity index (χ1n) is 5.39. The van der Waals surface area contributed by atoms with Crippen molar-refractivity contribution in [3.63, 3.8) is 0 Å². The summed E-state index contributed by atoms with van der Waals surface area (Å²) in [5.41, 5.74) is -0.126. The molecule has 0 amide bonds. The molecule has 0 spiro atoms. The molecule has 0 saturated carbocycles. The number of hydrogen-bond donors (Lipinski definition) is 1. The Bertz CT molecular complexity index is 406. The minimum absolute atomic E-state index is 0.126. The lowest BCUT2D eigenvalue weighted by Gasteiger charge is -2.07. The Hall–Kier alpha value is -0.900. The van der Waals surface area contributed by atoms with E-state index in [9.17, 15) is 4.79 Å². The molecule has 1 rings (SSSR count).